The SMILES string of the molecule is c1ccc2c(c1)oc1cc(-c3ccc4c(c3)C3CCCC4CC3)ncc12. The van der Waals surface area contributed by atoms with E-state index in [2.05, 4.69) is 30.3 Å². The quantitative estimate of drug-likeness (QED) is 0.381. The summed E-state index contributed by atoms with van der Waals surface area (Å²) >= 11 is 0. The van der Waals surface area contributed by atoms with Gasteiger partial charge in [-0.3, -0.25) is 4.98 Å². The van der Waals surface area contributed by atoms with Gasteiger partial charge >= 0.3 is 0 Å². The van der Waals surface area contributed by atoms with E-state index < -0.39 is 0 Å². The Hall–Kier alpha value is -2.61. The average Bonchev–Trinajstić information content (AvgIpc) is 2.82. The van der Waals surface area contributed by atoms with Crippen LogP contribution in [0.15, 0.2) is 59.1 Å². The van der Waals surface area contributed by atoms with E-state index in [4.69, 9.17) is 9.40 Å². The van der Waals surface area contributed by atoms with E-state index in [1.54, 1.807) is 11.1 Å². The molecule has 2 heterocycles. The van der Waals surface area contributed by atoms with Gasteiger partial charge in [0.1, 0.15) is 11.2 Å². The predicted octanol–water partition coefficient (Wildman–Crippen LogP) is 6.79. The Morgan fingerprint density at radius 2 is 1.62 bits per heavy atom. The first-order valence-electron chi connectivity index (χ1n) is 9.78. The number of fused-ring (bicyclic) bond motifs is 6. The van der Waals surface area contributed by atoms with Crippen molar-refractivity contribution in [2.24, 2.45) is 0 Å². The Balaban J connectivity index is 1.50. The lowest BCUT2D eigenvalue weighted by Crippen LogP contribution is -2.10. The first kappa shape index (κ1) is 14.5. The normalized spacial score (nSPS) is 21.8. The van der Waals surface area contributed by atoms with Gasteiger partial charge in [-0.05, 0) is 60.8 Å². The van der Waals surface area contributed by atoms with Gasteiger partial charge < -0.3 is 4.42 Å². The van der Waals surface area contributed by atoms with Gasteiger partial charge in [-0.2, -0.15) is 0 Å². The maximum absolute atomic E-state index is 6.06. The molecule has 0 aliphatic heterocycles. The summed E-state index contributed by atoms with van der Waals surface area (Å²) in [5.74, 6) is 1.53. The van der Waals surface area contributed by atoms with E-state index >= 15 is 0 Å². The van der Waals surface area contributed by atoms with E-state index in [1.165, 1.54) is 37.7 Å². The van der Waals surface area contributed by atoms with Crippen LogP contribution in [0.25, 0.3) is 33.2 Å². The molecule has 128 valence electrons. The molecule has 2 heteroatoms. The molecule has 0 N–H and O–H groups in total. The standard InChI is InChI=1S/C24H21NO/c1-2-7-23-19(6-1)21-14-25-22(13-24(21)26-23)17-10-11-18-15-4-3-5-16(9-8-15)20(18)12-17/h1-2,6-7,10-16H,3-5,8-9H2. The lowest BCUT2D eigenvalue weighted by Gasteiger charge is -2.27. The smallest absolute Gasteiger partial charge is 0.139 e. The number of pyridine rings is 1. The maximum Gasteiger partial charge on any atom is 0.139 e. The average molecular weight is 339 g/mol. The molecule has 1 fully saturated rings. The van der Waals surface area contributed by atoms with Gasteiger partial charge in [0.15, 0.2) is 0 Å². The van der Waals surface area contributed by atoms with Crippen LogP contribution in [-0.2, 0) is 0 Å². The molecule has 2 aromatic carbocycles. The van der Waals surface area contributed by atoms with Gasteiger partial charge in [0.2, 0.25) is 0 Å². The molecule has 0 spiro atoms. The summed E-state index contributed by atoms with van der Waals surface area (Å²) in [6.07, 6.45) is 8.79. The van der Waals surface area contributed by atoms with Crippen LogP contribution < -0.4 is 0 Å². The van der Waals surface area contributed by atoms with Crippen LogP contribution in [0.4, 0.5) is 0 Å². The van der Waals surface area contributed by atoms with Crippen molar-refractivity contribution in [1.29, 1.82) is 0 Å². The summed E-state index contributed by atoms with van der Waals surface area (Å²) in [5, 5.41) is 2.24. The Kier molecular flexibility index (Phi) is 3.04. The summed E-state index contributed by atoms with van der Waals surface area (Å²) in [7, 11) is 0. The van der Waals surface area contributed by atoms with Gasteiger partial charge in [0, 0.05) is 28.6 Å². The van der Waals surface area contributed by atoms with Gasteiger partial charge in [-0.1, -0.05) is 36.8 Å². The van der Waals surface area contributed by atoms with Crippen LogP contribution >= 0.6 is 0 Å². The van der Waals surface area contributed by atoms with Crippen molar-refractivity contribution in [3.05, 3.63) is 65.9 Å². The number of aromatic nitrogens is 1. The molecule has 2 nitrogen and oxygen atoms in total. The maximum atomic E-state index is 6.06. The lowest BCUT2D eigenvalue weighted by molar-refractivity contribution is 0.527. The molecule has 0 amide bonds. The molecular formula is C24H21NO. The fourth-order valence-electron chi connectivity index (χ4n) is 5.16. The van der Waals surface area contributed by atoms with Crippen molar-refractivity contribution in [3.63, 3.8) is 0 Å². The van der Waals surface area contributed by atoms with Crippen molar-refractivity contribution >= 4 is 21.9 Å². The molecule has 2 bridgehead atoms. The Bertz CT molecular complexity index is 1140. The van der Waals surface area contributed by atoms with E-state index in [1.807, 2.05) is 24.4 Å². The Morgan fingerprint density at radius 1 is 0.769 bits per heavy atom. The van der Waals surface area contributed by atoms with Crippen LogP contribution in [-0.4, -0.2) is 4.98 Å². The van der Waals surface area contributed by atoms with Gasteiger partial charge in [-0.15, -0.1) is 0 Å². The highest BCUT2D eigenvalue weighted by Gasteiger charge is 2.30. The molecule has 4 aromatic rings. The number of benzene rings is 2. The van der Waals surface area contributed by atoms with Crippen LogP contribution in [0.3, 0.4) is 0 Å². The van der Waals surface area contributed by atoms with Crippen molar-refractivity contribution < 1.29 is 4.42 Å². The summed E-state index contributed by atoms with van der Waals surface area (Å²) in [6.45, 7) is 0. The van der Waals surface area contributed by atoms with E-state index in [-0.39, 0.29) is 0 Å². The lowest BCUT2D eigenvalue weighted by atomic mass is 9.77. The zero-order valence-corrected chi connectivity index (χ0v) is 14.7. The predicted molar refractivity (Wildman–Crippen MR) is 106 cm³/mol. The minimum Gasteiger partial charge on any atom is -0.456 e. The summed E-state index contributed by atoms with van der Waals surface area (Å²) in [4.78, 5) is 4.77. The highest BCUT2D eigenvalue weighted by molar-refractivity contribution is 6.05. The molecule has 2 unspecified atom stereocenters. The van der Waals surface area contributed by atoms with E-state index in [9.17, 15) is 0 Å². The molecule has 0 radical (unpaired) electrons. The largest absolute Gasteiger partial charge is 0.456 e. The zero-order valence-electron chi connectivity index (χ0n) is 14.7. The second-order valence-corrected chi connectivity index (χ2v) is 7.91. The molecule has 2 atom stereocenters. The third kappa shape index (κ3) is 2.08. The summed E-state index contributed by atoms with van der Waals surface area (Å²) in [6, 6.07) is 17.3. The van der Waals surface area contributed by atoms with Gasteiger partial charge in [-0.25, -0.2) is 0 Å². The second-order valence-electron chi connectivity index (χ2n) is 7.91. The fraction of sp³-hybridized carbons (Fsp3) is 0.292. The molecular weight excluding hydrogens is 318 g/mol. The minimum absolute atomic E-state index is 0.749. The summed E-state index contributed by atoms with van der Waals surface area (Å²) < 4.78 is 6.06. The zero-order chi connectivity index (χ0) is 17.1. The molecule has 1 saturated carbocycles. The van der Waals surface area contributed by atoms with Crippen molar-refractivity contribution in [2.45, 2.75) is 43.9 Å². The molecule has 7 rings (SSSR count). The number of hydrogen-bond donors (Lipinski definition) is 0. The molecule has 3 aliphatic rings. The van der Waals surface area contributed by atoms with Crippen molar-refractivity contribution in [2.75, 3.05) is 0 Å². The van der Waals surface area contributed by atoms with Crippen molar-refractivity contribution in [1.82, 2.24) is 4.98 Å². The first-order chi connectivity index (χ1) is 12.9. The number of nitrogens with zero attached hydrogens (tertiary/aromatic N) is 1. The van der Waals surface area contributed by atoms with Gasteiger partial charge in [0.05, 0.1) is 5.69 Å². The van der Waals surface area contributed by atoms with Crippen LogP contribution in [0.1, 0.15) is 55.1 Å². The van der Waals surface area contributed by atoms with Crippen LogP contribution in [0.5, 0.6) is 0 Å². The Labute approximate surface area is 152 Å². The van der Waals surface area contributed by atoms with Crippen molar-refractivity contribution in [3.8, 4) is 11.3 Å². The topological polar surface area (TPSA) is 26.0 Å². The number of furan rings is 1. The fourth-order valence-corrected chi connectivity index (χ4v) is 5.16. The highest BCUT2D eigenvalue weighted by Crippen LogP contribution is 2.48. The molecule has 26 heavy (non-hydrogen) atoms. The van der Waals surface area contributed by atoms with Crippen LogP contribution in [0, 0.1) is 0 Å². The molecule has 2 aromatic heterocycles. The number of rotatable bonds is 1. The minimum atomic E-state index is 0.749. The second kappa shape index (κ2) is 5.44. The van der Waals surface area contributed by atoms with Gasteiger partial charge in [0.25, 0.3) is 0 Å². The highest BCUT2D eigenvalue weighted by atomic mass is 16.3. The van der Waals surface area contributed by atoms with E-state index in [0.29, 0.717) is 0 Å². The Morgan fingerprint density at radius 3 is 2.54 bits per heavy atom. The third-order valence-electron chi connectivity index (χ3n) is 6.49. The first-order valence-corrected chi connectivity index (χ1v) is 9.78. The number of para-hydroxylation sites is 1. The van der Waals surface area contributed by atoms with E-state index in [0.717, 1.165) is 39.5 Å². The van der Waals surface area contributed by atoms with Crippen LogP contribution in [0.2, 0.25) is 0 Å². The molecule has 0 saturated heterocycles. The summed E-state index contributed by atoms with van der Waals surface area (Å²) in [5.41, 5.74) is 7.28. The number of hydrogen-bond acceptors (Lipinski definition) is 2. The molecule has 3 aliphatic carbocycles. The third-order valence-corrected chi connectivity index (χ3v) is 6.49. The monoisotopic (exact) mass is 339 g/mol.